The second kappa shape index (κ2) is 5.50. The van der Waals surface area contributed by atoms with Gasteiger partial charge >= 0.3 is 0 Å². The SMILES string of the molecule is N#Cc1ccc(C(=O)Nc2ncc(N)cc2Br)cc1. The van der Waals surface area contributed by atoms with Gasteiger partial charge in [0, 0.05) is 5.56 Å². The maximum atomic E-state index is 12.0. The Morgan fingerprint density at radius 3 is 2.63 bits per heavy atom. The van der Waals surface area contributed by atoms with Crippen molar-refractivity contribution in [3.63, 3.8) is 0 Å². The highest BCUT2D eigenvalue weighted by molar-refractivity contribution is 9.10. The fraction of sp³-hybridized carbons (Fsp3) is 0. The van der Waals surface area contributed by atoms with Crippen LogP contribution < -0.4 is 11.1 Å². The Morgan fingerprint density at radius 2 is 2.05 bits per heavy atom. The molecule has 94 valence electrons. The summed E-state index contributed by atoms with van der Waals surface area (Å²) < 4.78 is 0.606. The number of nitrogens with one attached hydrogen (secondary N) is 1. The van der Waals surface area contributed by atoms with E-state index in [9.17, 15) is 4.79 Å². The number of amides is 1. The molecule has 6 heteroatoms. The summed E-state index contributed by atoms with van der Waals surface area (Å²) in [4.78, 5) is 16.0. The van der Waals surface area contributed by atoms with Crippen molar-refractivity contribution < 1.29 is 4.79 Å². The first-order chi connectivity index (χ1) is 9.10. The third-order valence-electron chi connectivity index (χ3n) is 2.37. The summed E-state index contributed by atoms with van der Waals surface area (Å²) in [5.41, 5.74) is 7.02. The molecule has 0 saturated heterocycles. The lowest BCUT2D eigenvalue weighted by molar-refractivity contribution is 0.102. The first-order valence-corrected chi connectivity index (χ1v) is 6.12. The van der Waals surface area contributed by atoms with Gasteiger partial charge in [0.15, 0.2) is 0 Å². The van der Waals surface area contributed by atoms with Crippen LogP contribution >= 0.6 is 15.9 Å². The molecule has 0 spiro atoms. The number of hydrogen-bond donors (Lipinski definition) is 2. The maximum absolute atomic E-state index is 12.0. The molecule has 0 fully saturated rings. The van der Waals surface area contributed by atoms with Crippen molar-refractivity contribution >= 4 is 33.3 Å². The molecule has 1 heterocycles. The molecule has 3 N–H and O–H groups in total. The summed E-state index contributed by atoms with van der Waals surface area (Å²) in [6.07, 6.45) is 1.46. The van der Waals surface area contributed by atoms with Crippen molar-refractivity contribution in [1.82, 2.24) is 4.98 Å². The zero-order valence-corrected chi connectivity index (χ0v) is 11.3. The van der Waals surface area contributed by atoms with Crippen LogP contribution in [0.3, 0.4) is 0 Å². The largest absolute Gasteiger partial charge is 0.397 e. The monoisotopic (exact) mass is 316 g/mol. The molecule has 0 aliphatic rings. The summed E-state index contributed by atoms with van der Waals surface area (Å²) in [6, 6.07) is 9.98. The van der Waals surface area contributed by atoms with Crippen molar-refractivity contribution in [2.75, 3.05) is 11.1 Å². The van der Waals surface area contributed by atoms with Gasteiger partial charge in [-0.2, -0.15) is 5.26 Å². The van der Waals surface area contributed by atoms with Crippen LogP contribution in [0.25, 0.3) is 0 Å². The molecule has 5 nitrogen and oxygen atoms in total. The average molecular weight is 317 g/mol. The zero-order valence-electron chi connectivity index (χ0n) is 9.72. The highest BCUT2D eigenvalue weighted by Gasteiger charge is 2.09. The van der Waals surface area contributed by atoms with Crippen molar-refractivity contribution in [1.29, 1.82) is 5.26 Å². The summed E-state index contributed by atoms with van der Waals surface area (Å²) >= 11 is 3.27. The second-order valence-electron chi connectivity index (χ2n) is 3.74. The normalized spacial score (nSPS) is 9.68. The number of rotatable bonds is 2. The molecule has 2 rings (SSSR count). The van der Waals surface area contributed by atoms with E-state index in [1.54, 1.807) is 30.3 Å². The molecule has 2 aromatic rings. The number of nitrogen functional groups attached to an aromatic ring is 1. The third kappa shape index (κ3) is 3.09. The molecule has 0 saturated carbocycles. The van der Waals surface area contributed by atoms with E-state index in [4.69, 9.17) is 11.0 Å². The van der Waals surface area contributed by atoms with Crippen LogP contribution in [-0.2, 0) is 0 Å². The van der Waals surface area contributed by atoms with E-state index in [1.165, 1.54) is 6.20 Å². The lowest BCUT2D eigenvalue weighted by Crippen LogP contribution is -2.13. The van der Waals surface area contributed by atoms with Gasteiger partial charge in [-0.25, -0.2) is 4.98 Å². The number of nitrogens with zero attached hydrogens (tertiary/aromatic N) is 2. The van der Waals surface area contributed by atoms with E-state index in [2.05, 4.69) is 26.2 Å². The van der Waals surface area contributed by atoms with Gasteiger partial charge in [-0.3, -0.25) is 4.79 Å². The lowest BCUT2D eigenvalue weighted by atomic mass is 10.1. The number of hydrogen-bond acceptors (Lipinski definition) is 4. The zero-order chi connectivity index (χ0) is 13.8. The Balaban J connectivity index is 2.18. The topological polar surface area (TPSA) is 91.8 Å². The van der Waals surface area contributed by atoms with Crippen LogP contribution in [0.1, 0.15) is 15.9 Å². The molecule has 0 aliphatic carbocycles. The van der Waals surface area contributed by atoms with Gasteiger partial charge in [0.2, 0.25) is 0 Å². The third-order valence-corrected chi connectivity index (χ3v) is 2.97. The highest BCUT2D eigenvalue weighted by Crippen LogP contribution is 2.22. The molecular formula is C13H9BrN4O. The fourth-order valence-corrected chi connectivity index (χ4v) is 1.89. The van der Waals surface area contributed by atoms with E-state index in [0.717, 1.165) is 0 Å². The number of benzene rings is 1. The Morgan fingerprint density at radius 1 is 1.37 bits per heavy atom. The summed E-state index contributed by atoms with van der Waals surface area (Å²) in [7, 11) is 0. The number of nitrogens with two attached hydrogens (primary N) is 1. The number of nitriles is 1. The highest BCUT2D eigenvalue weighted by atomic mass is 79.9. The van der Waals surface area contributed by atoms with Gasteiger partial charge < -0.3 is 11.1 Å². The van der Waals surface area contributed by atoms with Crippen LogP contribution in [0.15, 0.2) is 41.0 Å². The first-order valence-electron chi connectivity index (χ1n) is 5.32. The second-order valence-corrected chi connectivity index (χ2v) is 4.60. The van der Waals surface area contributed by atoms with Crippen molar-refractivity contribution in [2.24, 2.45) is 0 Å². The number of aromatic nitrogens is 1. The van der Waals surface area contributed by atoms with Crippen molar-refractivity contribution in [2.45, 2.75) is 0 Å². The molecule has 0 atom stereocenters. The summed E-state index contributed by atoms with van der Waals surface area (Å²) in [5, 5.41) is 11.3. The molecule has 1 aromatic heterocycles. The lowest BCUT2D eigenvalue weighted by Gasteiger charge is -2.06. The predicted octanol–water partition coefficient (Wildman–Crippen LogP) is 2.55. The van der Waals surface area contributed by atoms with Gasteiger partial charge in [-0.1, -0.05) is 0 Å². The van der Waals surface area contributed by atoms with E-state index < -0.39 is 0 Å². The number of carbonyl (C=O) groups is 1. The minimum Gasteiger partial charge on any atom is -0.397 e. The smallest absolute Gasteiger partial charge is 0.256 e. The van der Waals surface area contributed by atoms with E-state index in [-0.39, 0.29) is 5.91 Å². The van der Waals surface area contributed by atoms with Crippen LogP contribution in [0.2, 0.25) is 0 Å². The molecule has 0 radical (unpaired) electrons. The molecule has 19 heavy (non-hydrogen) atoms. The number of carbonyl (C=O) groups excluding carboxylic acids is 1. The summed E-state index contributed by atoms with van der Waals surface area (Å²) in [5.74, 6) is 0.0889. The molecule has 0 aliphatic heterocycles. The average Bonchev–Trinajstić information content (AvgIpc) is 2.42. The van der Waals surface area contributed by atoms with E-state index in [1.807, 2.05) is 6.07 Å². The predicted molar refractivity (Wildman–Crippen MR) is 75.5 cm³/mol. The molecule has 0 unspecified atom stereocenters. The minimum absolute atomic E-state index is 0.303. The van der Waals surface area contributed by atoms with Gasteiger partial charge in [0.25, 0.3) is 5.91 Å². The number of pyridine rings is 1. The van der Waals surface area contributed by atoms with Gasteiger partial charge in [-0.15, -0.1) is 0 Å². The molecule has 0 bridgehead atoms. The van der Waals surface area contributed by atoms with Crippen LogP contribution in [0.5, 0.6) is 0 Å². The Bertz CT molecular complexity index is 661. The number of halogens is 1. The fourth-order valence-electron chi connectivity index (χ4n) is 1.42. The molecule has 1 aromatic carbocycles. The summed E-state index contributed by atoms with van der Waals surface area (Å²) in [6.45, 7) is 0. The van der Waals surface area contributed by atoms with Gasteiger partial charge in [-0.05, 0) is 46.3 Å². The van der Waals surface area contributed by atoms with Gasteiger partial charge in [0.05, 0.1) is 28.0 Å². The Labute approximate surface area is 118 Å². The van der Waals surface area contributed by atoms with Crippen molar-refractivity contribution in [3.05, 3.63) is 52.1 Å². The Kier molecular flexibility index (Phi) is 3.78. The first kappa shape index (κ1) is 13.1. The quantitative estimate of drug-likeness (QED) is 0.890. The van der Waals surface area contributed by atoms with Crippen molar-refractivity contribution in [3.8, 4) is 6.07 Å². The Hall–Kier alpha value is -2.39. The van der Waals surface area contributed by atoms with Crippen LogP contribution in [0.4, 0.5) is 11.5 Å². The van der Waals surface area contributed by atoms with Gasteiger partial charge in [0.1, 0.15) is 5.82 Å². The standard InChI is InChI=1S/C13H9BrN4O/c14-11-5-10(16)7-17-12(11)18-13(19)9-3-1-8(6-15)2-4-9/h1-5,7H,16H2,(H,17,18,19). The minimum atomic E-state index is -0.303. The maximum Gasteiger partial charge on any atom is 0.256 e. The van der Waals surface area contributed by atoms with E-state index in [0.29, 0.717) is 27.1 Å². The molecule has 1 amide bonds. The van der Waals surface area contributed by atoms with Crippen LogP contribution in [-0.4, -0.2) is 10.9 Å². The molecular weight excluding hydrogens is 308 g/mol. The van der Waals surface area contributed by atoms with E-state index >= 15 is 0 Å². The number of anilines is 2. The van der Waals surface area contributed by atoms with Crippen LogP contribution in [0, 0.1) is 11.3 Å².